The van der Waals surface area contributed by atoms with Crippen LogP contribution in [0.5, 0.6) is 0 Å². The van der Waals surface area contributed by atoms with E-state index in [1.54, 1.807) is 0 Å². The standard InChI is InChI=1S/C20H23O2Si/c1-14-5-7-15(8-6-14)18-13-19(22-23-21-18)16-9-11-17(12-10-16)20(2,3)4/h5-13,18,23H,1-4H3/q-1. The van der Waals surface area contributed by atoms with E-state index in [9.17, 15) is 0 Å². The predicted octanol–water partition coefficient (Wildman–Crippen LogP) is 4.69. The van der Waals surface area contributed by atoms with Crippen molar-refractivity contribution in [2.75, 3.05) is 0 Å². The van der Waals surface area contributed by atoms with E-state index >= 15 is 0 Å². The molecule has 2 aromatic rings. The Morgan fingerprint density at radius 2 is 1.57 bits per heavy atom. The Kier molecular flexibility index (Phi) is 4.42. The van der Waals surface area contributed by atoms with Crippen LogP contribution in [-0.2, 0) is 14.3 Å². The molecule has 2 nitrogen and oxygen atoms in total. The second kappa shape index (κ2) is 6.34. The zero-order chi connectivity index (χ0) is 16.4. The van der Waals surface area contributed by atoms with Crippen molar-refractivity contribution in [3.05, 3.63) is 76.9 Å². The summed E-state index contributed by atoms with van der Waals surface area (Å²) < 4.78 is 11.6. The fourth-order valence-electron chi connectivity index (χ4n) is 2.59. The van der Waals surface area contributed by atoms with Gasteiger partial charge >= 0.3 is 0 Å². The molecule has 0 bridgehead atoms. The highest BCUT2D eigenvalue weighted by atomic mass is 28.3. The molecule has 1 heterocycles. The molecule has 2 aromatic carbocycles. The van der Waals surface area contributed by atoms with Crippen LogP contribution in [-0.4, -0.2) is 10.0 Å². The minimum atomic E-state index is -0.480. The first kappa shape index (κ1) is 16.0. The number of aryl methyl sites for hydroxylation is 1. The van der Waals surface area contributed by atoms with Gasteiger partial charge in [0.15, 0.2) is 0 Å². The summed E-state index contributed by atoms with van der Waals surface area (Å²) in [5.41, 5.74) is 5.05. The molecule has 0 N–H and O–H groups in total. The molecule has 1 atom stereocenters. The van der Waals surface area contributed by atoms with Gasteiger partial charge in [-0.25, -0.2) is 0 Å². The van der Waals surface area contributed by atoms with Crippen LogP contribution < -0.4 is 0 Å². The fourth-order valence-corrected chi connectivity index (χ4v) is 3.31. The van der Waals surface area contributed by atoms with Crippen LogP contribution in [0.4, 0.5) is 0 Å². The maximum atomic E-state index is 5.82. The van der Waals surface area contributed by atoms with Gasteiger partial charge in [0.25, 0.3) is 0 Å². The van der Waals surface area contributed by atoms with Crippen LogP contribution in [0.3, 0.4) is 0 Å². The highest BCUT2D eigenvalue weighted by molar-refractivity contribution is 6.21. The highest BCUT2D eigenvalue weighted by Crippen LogP contribution is 2.30. The van der Waals surface area contributed by atoms with Crippen LogP contribution in [0.15, 0.2) is 54.6 Å². The molecule has 1 aliphatic heterocycles. The summed E-state index contributed by atoms with van der Waals surface area (Å²) in [6, 6.07) is 17.1. The highest BCUT2D eigenvalue weighted by Gasteiger charge is 2.15. The largest absolute Gasteiger partial charge is 0.688 e. The van der Waals surface area contributed by atoms with E-state index in [2.05, 4.69) is 82.3 Å². The molecule has 0 saturated carbocycles. The maximum absolute atomic E-state index is 5.82. The Morgan fingerprint density at radius 3 is 2.17 bits per heavy atom. The molecule has 1 unspecified atom stereocenters. The minimum Gasteiger partial charge on any atom is -0.688 e. The second-order valence-corrected chi connectivity index (χ2v) is 7.74. The van der Waals surface area contributed by atoms with Gasteiger partial charge < -0.3 is 8.85 Å². The van der Waals surface area contributed by atoms with E-state index in [0.717, 1.165) is 11.3 Å². The third kappa shape index (κ3) is 3.74. The van der Waals surface area contributed by atoms with Gasteiger partial charge in [-0.1, -0.05) is 74.9 Å². The minimum absolute atomic E-state index is 0.0170. The number of hydrogen-bond acceptors (Lipinski definition) is 2. The first-order valence-electron chi connectivity index (χ1n) is 7.96. The lowest BCUT2D eigenvalue weighted by molar-refractivity contribution is 0.209. The van der Waals surface area contributed by atoms with Crippen molar-refractivity contribution in [1.82, 2.24) is 0 Å². The number of rotatable bonds is 2. The van der Waals surface area contributed by atoms with Crippen molar-refractivity contribution < 1.29 is 8.85 Å². The van der Waals surface area contributed by atoms with Crippen molar-refractivity contribution in [2.24, 2.45) is 0 Å². The van der Waals surface area contributed by atoms with E-state index in [0.29, 0.717) is 0 Å². The summed E-state index contributed by atoms with van der Waals surface area (Å²) in [5, 5.41) is 0. The lowest BCUT2D eigenvalue weighted by atomic mass is 9.86. The fraction of sp³-hybridized carbons (Fsp3) is 0.300. The Morgan fingerprint density at radius 1 is 0.913 bits per heavy atom. The smallest absolute Gasteiger partial charge is 0.0889 e. The molecule has 23 heavy (non-hydrogen) atoms. The van der Waals surface area contributed by atoms with Crippen molar-refractivity contribution >= 4 is 15.8 Å². The van der Waals surface area contributed by atoms with Gasteiger partial charge in [-0.3, -0.25) is 0 Å². The summed E-state index contributed by atoms with van der Waals surface area (Å²) in [4.78, 5) is 0. The van der Waals surface area contributed by atoms with Gasteiger partial charge in [-0.2, -0.15) is 0 Å². The van der Waals surface area contributed by atoms with Gasteiger partial charge in [-0.15, -0.1) is 0 Å². The molecule has 0 radical (unpaired) electrons. The van der Waals surface area contributed by atoms with Gasteiger partial charge in [0.1, 0.15) is 0 Å². The Balaban J connectivity index is 1.85. The zero-order valence-electron chi connectivity index (χ0n) is 14.2. The summed E-state index contributed by atoms with van der Waals surface area (Å²) in [6.07, 6.45) is 2.06. The first-order chi connectivity index (χ1) is 10.9. The number of hydrogen-bond donors (Lipinski definition) is 0. The van der Waals surface area contributed by atoms with E-state index in [-0.39, 0.29) is 11.5 Å². The average molecular weight is 323 g/mol. The monoisotopic (exact) mass is 323 g/mol. The van der Waals surface area contributed by atoms with Crippen molar-refractivity contribution in [2.45, 2.75) is 39.2 Å². The van der Waals surface area contributed by atoms with Crippen LogP contribution in [0.1, 0.15) is 49.1 Å². The van der Waals surface area contributed by atoms with Crippen molar-refractivity contribution in [3.63, 3.8) is 0 Å². The lowest BCUT2D eigenvalue weighted by Crippen LogP contribution is -2.15. The molecule has 0 saturated heterocycles. The van der Waals surface area contributed by atoms with Crippen LogP contribution >= 0.6 is 0 Å². The Bertz CT molecular complexity index is 694. The molecule has 3 heteroatoms. The molecular formula is C20H23O2Si-. The summed E-state index contributed by atoms with van der Waals surface area (Å²) in [7, 11) is -0.480. The molecule has 0 aliphatic carbocycles. The van der Waals surface area contributed by atoms with Crippen molar-refractivity contribution in [3.8, 4) is 0 Å². The lowest BCUT2D eigenvalue weighted by Gasteiger charge is -2.33. The summed E-state index contributed by atoms with van der Waals surface area (Å²) >= 11 is 0. The zero-order valence-corrected chi connectivity index (χ0v) is 15.3. The molecule has 3 rings (SSSR count). The Labute approximate surface area is 141 Å². The quantitative estimate of drug-likeness (QED) is 0.747. The predicted molar refractivity (Wildman–Crippen MR) is 96.4 cm³/mol. The third-order valence-electron chi connectivity index (χ3n) is 4.12. The van der Waals surface area contributed by atoms with Crippen LogP contribution in [0.2, 0.25) is 0 Å². The molecular weight excluding hydrogens is 300 g/mol. The van der Waals surface area contributed by atoms with E-state index < -0.39 is 10.0 Å². The van der Waals surface area contributed by atoms with E-state index in [1.165, 1.54) is 16.7 Å². The molecule has 0 aromatic heterocycles. The van der Waals surface area contributed by atoms with Gasteiger partial charge in [0.2, 0.25) is 0 Å². The normalized spacial score (nSPS) is 18.3. The molecule has 0 spiro atoms. The summed E-state index contributed by atoms with van der Waals surface area (Å²) in [5.74, 6) is 0.928. The van der Waals surface area contributed by atoms with Crippen LogP contribution in [0.25, 0.3) is 5.76 Å². The van der Waals surface area contributed by atoms with E-state index in [4.69, 9.17) is 8.85 Å². The number of benzene rings is 2. The first-order valence-corrected chi connectivity index (χ1v) is 8.91. The maximum Gasteiger partial charge on any atom is 0.0889 e. The average Bonchev–Trinajstić information content (AvgIpc) is 2.55. The second-order valence-electron chi connectivity index (χ2n) is 7.04. The van der Waals surface area contributed by atoms with E-state index in [1.807, 2.05) is 0 Å². The molecule has 1 aliphatic rings. The van der Waals surface area contributed by atoms with Gasteiger partial charge in [-0.05, 0) is 29.5 Å². The van der Waals surface area contributed by atoms with Gasteiger partial charge in [0, 0.05) is 5.56 Å². The van der Waals surface area contributed by atoms with Gasteiger partial charge in [0.05, 0.1) is 21.9 Å². The summed E-state index contributed by atoms with van der Waals surface area (Å²) in [6.45, 7) is 8.77. The van der Waals surface area contributed by atoms with Crippen molar-refractivity contribution in [1.29, 1.82) is 0 Å². The molecule has 120 valence electrons. The van der Waals surface area contributed by atoms with Crippen LogP contribution in [0, 0.1) is 6.92 Å². The topological polar surface area (TPSA) is 18.5 Å². The Hall–Kier alpha value is -1.84. The third-order valence-corrected chi connectivity index (χ3v) is 4.88. The molecule has 0 fully saturated rings. The molecule has 0 amide bonds. The SMILES string of the molecule is Cc1ccc(C2C=C(c3ccc(C(C)(C)C)cc3)O[SiH-]O2)cc1.